The van der Waals surface area contributed by atoms with Crippen LogP contribution < -0.4 is 4.90 Å². The minimum absolute atomic E-state index is 0.299. The highest BCUT2D eigenvalue weighted by molar-refractivity contribution is 5.88. The standard InChI is InChI=1S/C19H20N4O/c1-2-4-14(5-3-1)16-19(7-10-24-11-8-19)12-23(16)18-15-6-9-20-17(15)21-13-22-18/h1-6,9,13,16H,7-8,10-12H2,(H,20,21,22). The molecule has 2 aromatic heterocycles. The van der Waals surface area contributed by atoms with Gasteiger partial charge in [-0.1, -0.05) is 30.3 Å². The van der Waals surface area contributed by atoms with E-state index in [4.69, 9.17) is 4.74 Å². The maximum Gasteiger partial charge on any atom is 0.142 e. The average molecular weight is 320 g/mol. The topological polar surface area (TPSA) is 54.0 Å². The summed E-state index contributed by atoms with van der Waals surface area (Å²) in [6.07, 6.45) is 5.82. The first-order valence-corrected chi connectivity index (χ1v) is 8.55. The second-order valence-electron chi connectivity index (χ2n) is 6.85. The third kappa shape index (κ3) is 1.97. The van der Waals surface area contributed by atoms with Crippen LogP contribution in [0.2, 0.25) is 0 Å². The Hall–Kier alpha value is -2.40. The van der Waals surface area contributed by atoms with Crippen molar-refractivity contribution in [1.29, 1.82) is 0 Å². The summed E-state index contributed by atoms with van der Waals surface area (Å²) in [4.78, 5) is 14.6. The minimum atomic E-state index is 0.299. The number of aromatic nitrogens is 3. The molecule has 5 rings (SSSR count). The molecule has 122 valence electrons. The van der Waals surface area contributed by atoms with Gasteiger partial charge in [0, 0.05) is 31.4 Å². The summed E-state index contributed by atoms with van der Waals surface area (Å²) in [5, 5.41) is 1.10. The fourth-order valence-electron chi connectivity index (χ4n) is 4.40. The molecule has 24 heavy (non-hydrogen) atoms. The average Bonchev–Trinajstić information content (AvgIpc) is 3.10. The molecule has 2 aliphatic heterocycles. The minimum Gasteiger partial charge on any atom is -0.381 e. The second-order valence-corrected chi connectivity index (χ2v) is 6.85. The quantitative estimate of drug-likeness (QED) is 0.787. The molecule has 4 heterocycles. The summed E-state index contributed by atoms with van der Waals surface area (Å²) in [7, 11) is 0. The first-order valence-electron chi connectivity index (χ1n) is 8.55. The zero-order valence-corrected chi connectivity index (χ0v) is 13.5. The number of H-pyrrole nitrogens is 1. The van der Waals surface area contributed by atoms with Crippen molar-refractivity contribution in [2.75, 3.05) is 24.7 Å². The number of hydrogen-bond donors (Lipinski definition) is 1. The van der Waals surface area contributed by atoms with E-state index in [0.717, 1.165) is 49.5 Å². The van der Waals surface area contributed by atoms with Crippen molar-refractivity contribution in [1.82, 2.24) is 15.0 Å². The van der Waals surface area contributed by atoms with Gasteiger partial charge in [-0.15, -0.1) is 0 Å². The zero-order chi connectivity index (χ0) is 16.0. The number of aromatic amines is 1. The Kier molecular flexibility index (Phi) is 3.10. The molecule has 5 heteroatoms. The molecule has 0 radical (unpaired) electrons. The predicted molar refractivity (Wildman–Crippen MR) is 92.9 cm³/mol. The van der Waals surface area contributed by atoms with Crippen molar-refractivity contribution >= 4 is 16.9 Å². The van der Waals surface area contributed by atoms with E-state index in [1.807, 2.05) is 6.20 Å². The Morgan fingerprint density at radius 2 is 1.92 bits per heavy atom. The van der Waals surface area contributed by atoms with Crippen LogP contribution in [0.5, 0.6) is 0 Å². The predicted octanol–water partition coefficient (Wildman–Crippen LogP) is 3.32. The molecule has 0 bridgehead atoms. The van der Waals surface area contributed by atoms with Crippen LogP contribution in [0.3, 0.4) is 0 Å². The van der Waals surface area contributed by atoms with Gasteiger partial charge in [0.2, 0.25) is 0 Å². The Bertz CT molecular complexity index is 854. The smallest absolute Gasteiger partial charge is 0.142 e. The monoisotopic (exact) mass is 320 g/mol. The first-order chi connectivity index (χ1) is 11.9. The molecule has 2 fully saturated rings. The number of fused-ring (bicyclic) bond motifs is 1. The highest BCUT2D eigenvalue weighted by Gasteiger charge is 2.54. The molecular formula is C19H20N4O. The van der Waals surface area contributed by atoms with E-state index in [0.29, 0.717) is 11.5 Å². The number of anilines is 1. The summed E-state index contributed by atoms with van der Waals surface area (Å²) < 4.78 is 5.63. The SMILES string of the molecule is c1ccc(C2N(c3ncnc4[nH]ccc34)CC23CCOCC3)cc1. The van der Waals surface area contributed by atoms with Crippen LogP contribution in [0.15, 0.2) is 48.9 Å². The van der Waals surface area contributed by atoms with Crippen LogP contribution in [-0.4, -0.2) is 34.7 Å². The summed E-state index contributed by atoms with van der Waals surface area (Å²) >= 11 is 0. The lowest BCUT2D eigenvalue weighted by Gasteiger charge is -2.60. The molecule has 2 aliphatic rings. The maximum atomic E-state index is 5.63. The van der Waals surface area contributed by atoms with Crippen molar-refractivity contribution in [3.05, 3.63) is 54.5 Å². The van der Waals surface area contributed by atoms with Crippen LogP contribution >= 0.6 is 0 Å². The third-order valence-corrected chi connectivity index (χ3v) is 5.59. The van der Waals surface area contributed by atoms with E-state index in [9.17, 15) is 0 Å². The van der Waals surface area contributed by atoms with E-state index >= 15 is 0 Å². The largest absolute Gasteiger partial charge is 0.381 e. The van der Waals surface area contributed by atoms with E-state index in [1.165, 1.54) is 5.56 Å². The van der Waals surface area contributed by atoms with Gasteiger partial charge in [0.05, 0.1) is 11.4 Å². The van der Waals surface area contributed by atoms with Gasteiger partial charge in [-0.2, -0.15) is 0 Å². The number of nitrogens with one attached hydrogen (secondary N) is 1. The molecular weight excluding hydrogens is 300 g/mol. The first kappa shape index (κ1) is 14.0. The van der Waals surface area contributed by atoms with Crippen LogP contribution in [-0.2, 0) is 4.74 Å². The number of benzene rings is 1. The molecule has 1 N–H and O–H groups in total. The fraction of sp³-hybridized carbons (Fsp3) is 0.368. The van der Waals surface area contributed by atoms with Crippen molar-refractivity contribution in [2.24, 2.45) is 5.41 Å². The summed E-state index contributed by atoms with van der Waals surface area (Å²) in [5.74, 6) is 1.03. The molecule has 1 spiro atoms. The van der Waals surface area contributed by atoms with Crippen LogP contribution in [0.1, 0.15) is 24.4 Å². The Balaban J connectivity index is 1.60. The van der Waals surface area contributed by atoms with E-state index in [1.54, 1.807) is 6.33 Å². The van der Waals surface area contributed by atoms with Crippen molar-refractivity contribution in [3.8, 4) is 0 Å². The lowest BCUT2D eigenvalue weighted by Crippen LogP contribution is -2.61. The molecule has 0 saturated carbocycles. The fourth-order valence-corrected chi connectivity index (χ4v) is 4.40. The second kappa shape index (κ2) is 5.31. The van der Waals surface area contributed by atoms with Crippen molar-refractivity contribution in [3.63, 3.8) is 0 Å². The van der Waals surface area contributed by atoms with Gasteiger partial charge in [-0.05, 0) is 24.5 Å². The lowest BCUT2D eigenvalue weighted by atomic mass is 9.64. The molecule has 3 aromatic rings. The Morgan fingerprint density at radius 1 is 1.08 bits per heavy atom. The highest BCUT2D eigenvalue weighted by atomic mass is 16.5. The van der Waals surface area contributed by atoms with Crippen molar-refractivity contribution in [2.45, 2.75) is 18.9 Å². The van der Waals surface area contributed by atoms with Crippen LogP contribution in [0.25, 0.3) is 11.0 Å². The normalized spacial score (nSPS) is 22.7. The Morgan fingerprint density at radius 3 is 2.75 bits per heavy atom. The third-order valence-electron chi connectivity index (χ3n) is 5.59. The van der Waals surface area contributed by atoms with Crippen LogP contribution in [0, 0.1) is 5.41 Å². The maximum absolute atomic E-state index is 5.63. The summed E-state index contributed by atoms with van der Waals surface area (Å²) in [5.41, 5.74) is 2.57. The molecule has 2 saturated heterocycles. The van der Waals surface area contributed by atoms with Crippen LogP contribution in [0.4, 0.5) is 5.82 Å². The van der Waals surface area contributed by atoms with Gasteiger partial charge >= 0.3 is 0 Å². The molecule has 0 aliphatic carbocycles. The number of ether oxygens (including phenoxy) is 1. The highest BCUT2D eigenvalue weighted by Crippen LogP contribution is 2.56. The van der Waals surface area contributed by atoms with E-state index < -0.39 is 0 Å². The van der Waals surface area contributed by atoms with Gasteiger partial charge in [0.15, 0.2) is 0 Å². The molecule has 1 unspecified atom stereocenters. The van der Waals surface area contributed by atoms with Gasteiger partial charge in [-0.3, -0.25) is 0 Å². The zero-order valence-electron chi connectivity index (χ0n) is 13.5. The van der Waals surface area contributed by atoms with Gasteiger partial charge in [0.1, 0.15) is 17.8 Å². The molecule has 5 nitrogen and oxygen atoms in total. The number of nitrogens with zero attached hydrogens (tertiary/aromatic N) is 3. The summed E-state index contributed by atoms with van der Waals surface area (Å²) in [6.45, 7) is 2.76. The number of hydrogen-bond acceptors (Lipinski definition) is 4. The van der Waals surface area contributed by atoms with Gasteiger partial charge in [-0.25, -0.2) is 9.97 Å². The van der Waals surface area contributed by atoms with Gasteiger partial charge < -0.3 is 14.6 Å². The van der Waals surface area contributed by atoms with E-state index in [-0.39, 0.29) is 0 Å². The number of rotatable bonds is 2. The molecule has 0 amide bonds. The molecule has 1 atom stereocenters. The van der Waals surface area contributed by atoms with Crippen molar-refractivity contribution < 1.29 is 4.74 Å². The van der Waals surface area contributed by atoms with E-state index in [2.05, 4.69) is 56.3 Å². The van der Waals surface area contributed by atoms with Gasteiger partial charge in [0.25, 0.3) is 0 Å². The molecule has 1 aromatic carbocycles. The Labute approximate surface area is 140 Å². The summed E-state index contributed by atoms with van der Waals surface area (Å²) in [6, 6.07) is 13.2. The lowest BCUT2D eigenvalue weighted by molar-refractivity contribution is -0.0293.